The van der Waals surface area contributed by atoms with Crippen LogP contribution in [-0.4, -0.2) is 61.3 Å². The predicted octanol–water partition coefficient (Wildman–Crippen LogP) is 5.73. The molecule has 0 saturated heterocycles. The van der Waals surface area contributed by atoms with E-state index in [4.69, 9.17) is 19.3 Å². The van der Waals surface area contributed by atoms with Gasteiger partial charge in [-0.2, -0.15) is 0 Å². The summed E-state index contributed by atoms with van der Waals surface area (Å²) in [6.45, 7) is 6.23. The molecular weight excluding hydrogens is 548 g/mol. The standard InChI is InChI=1S/C24H26N2O4.C6H14O.BrH/c1-28-21-10-4-5-11-22(21)29-14-13-25-15-17(27)16-30-23-12-6-9-20-24(23)18-7-2-3-8-19(18)26-20;1-3-4-6(2)5-7;/h2-12,17,25-27H,13-16H2,1H3;6-7H,3-5H2,1-2H3;1H. The van der Waals surface area contributed by atoms with E-state index in [0.29, 0.717) is 43.7 Å². The predicted molar refractivity (Wildman–Crippen MR) is 160 cm³/mol. The molecule has 208 valence electrons. The van der Waals surface area contributed by atoms with Crippen LogP contribution < -0.4 is 19.5 Å². The number of methoxy groups -OCH3 is 1. The molecular formula is C30H41BrN2O5. The second-order valence-electron chi connectivity index (χ2n) is 9.09. The van der Waals surface area contributed by atoms with Crippen LogP contribution in [0.4, 0.5) is 0 Å². The Morgan fingerprint density at radius 1 is 0.895 bits per heavy atom. The van der Waals surface area contributed by atoms with Crippen molar-refractivity contribution in [2.24, 2.45) is 5.92 Å². The first kappa shape index (κ1) is 31.4. The third-order valence-corrected chi connectivity index (χ3v) is 6.00. The summed E-state index contributed by atoms with van der Waals surface area (Å²) in [7, 11) is 1.62. The molecule has 4 aromatic rings. The number of para-hydroxylation sites is 3. The summed E-state index contributed by atoms with van der Waals surface area (Å²) in [6.07, 6.45) is 1.70. The molecule has 7 nitrogen and oxygen atoms in total. The molecule has 38 heavy (non-hydrogen) atoms. The highest BCUT2D eigenvalue weighted by Crippen LogP contribution is 2.33. The summed E-state index contributed by atoms with van der Waals surface area (Å²) in [5.41, 5.74) is 2.09. The molecule has 0 aliphatic heterocycles. The van der Waals surface area contributed by atoms with Crippen LogP contribution in [0.1, 0.15) is 26.7 Å². The van der Waals surface area contributed by atoms with Gasteiger partial charge in [0.2, 0.25) is 0 Å². The first-order valence-electron chi connectivity index (χ1n) is 12.9. The number of aromatic nitrogens is 1. The Kier molecular flexibility index (Phi) is 14.0. The van der Waals surface area contributed by atoms with Crippen molar-refractivity contribution in [2.45, 2.75) is 32.8 Å². The van der Waals surface area contributed by atoms with Crippen molar-refractivity contribution in [2.75, 3.05) is 40.0 Å². The third-order valence-electron chi connectivity index (χ3n) is 6.00. The lowest BCUT2D eigenvalue weighted by Crippen LogP contribution is -2.33. The number of nitrogens with one attached hydrogen (secondary N) is 2. The van der Waals surface area contributed by atoms with Crippen molar-refractivity contribution in [3.8, 4) is 17.2 Å². The second-order valence-corrected chi connectivity index (χ2v) is 9.09. The Labute approximate surface area is 235 Å². The molecule has 0 saturated carbocycles. The average molecular weight is 590 g/mol. The number of ether oxygens (including phenoxy) is 3. The number of benzene rings is 3. The maximum atomic E-state index is 10.3. The van der Waals surface area contributed by atoms with Gasteiger partial charge in [0, 0.05) is 36.0 Å². The average Bonchev–Trinajstić information content (AvgIpc) is 3.31. The van der Waals surface area contributed by atoms with Crippen LogP contribution in [0.3, 0.4) is 0 Å². The Bertz CT molecular complexity index is 1220. The van der Waals surface area contributed by atoms with Gasteiger partial charge in [0.15, 0.2) is 11.5 Å². The maximum Gasteiger partial charge on any atom is 0.161 e. The molecule has 8 heteroatoms. The lowest BCUT2D eigenvalue weighted by Gasteiger charge is -2.15. The molecule has 0 aliphatic carbocycles. The highest BCUT2D eigenvalue weighted by Gasteiger charge is 2.11. The van der Waals surface area contributed by atoms with Gasteiger partial charge in [-0.1, -0.05) is 56.7 Å². The van der Waals surface area contributed by atoms with Crippen LogP contribution in [0.25, 0.3) is 21.8 Å². The van der Waals surface area contributed by atoms with E-state index < -0.39 is 6.10 Å². The smallest absolute Gasteiger partial charge is 0.161 e. The lowest BCUT2D eigenvalue weighted by molar-refractivity contribution is 0.106. The number of aliphatic hydroxyl groups is 2. The minimum atomic E-state index is -0.628. The number of hydrogen-bond acceptors (Lipinski definition) is 6. The van der Waals surface area contributed by atoms with E-state index in [9.17, 15) is 5.11 Å². The fraction of sp³-hybridized carbons (Fsp3) is 0.400. The molecule has 4 rings (SSSR count). The van der Waals surface area contributed by atoms with Crippen LogP contribution in [0.5, 0.6) is 17.2 Å². The molecule has 1 aromatic heterocycles. The fourth-order valence-corrected chi connectivity index (χ4v) is 4.06. The third kappa shape index (κ3) is 9.20. The zero-order chi connectivity index (χ0) is 26.5. The van der Waals surface area contributed by atoms with Crippen LogP contribution in [0.15, 0.2) is 66.7 Å². The van der Waals surface area contributed by atoms with Gasteiger partial charge in [0.1, 0.15) is 25.1 Å². The molecule has 4 N–H and O–H groups in total. The Balaban J connectivity index is 0.000000561. The van der Waals surface area contributed by atoms with Gasteiger partial charge in [0.25, 0.3) is 0 Å². The van der Waals surface area contributed by atoms with E-state index in [1.807, 2.05) is 60.7 Å². The monoisotopic (exact) mass is 588 g/mol. The highest BCUT2D eigenvalue weighted by atomic mass is 79.9. The molecule has 0 bridgehead atoms. The SMILES string of the molecule is Br.CCCC(C)CO.COc1ccccc1OCCNCC(O)COc1cccc2[nH]c3ccccc3c12. The molecule has 0 amide bonds. The van der Waals surface area contributed by atoms with E-state index in [1.54, 1.807) is 7.11 Å². The van der Waals surface area contributed by atoms with Crippen molar-refractivity contribution in [1.82, 2.24) is 10.3 Å². The van der Waals surface area contributed by atoms with E-state index >= 15 is 0 Å². The molecule has 0 fully saturated rings. The zero-order valence-corrected chi connectivity index (χ0v) is 24.2. The van der Waals surface area contributed by atoms with Crippen molar-refractivity contribution < 1.29 is 24.4 Å². The van der Waals surface area contributed by atoms with Gasteiger partial charge >= 0.3 is 0 Å². The van der Waals surface area contributed by atoms with Crippen LogP contribution in [0, 0.1) is 5.92 Å². The molecule has 0 aliphatic rings. The summed E-state index contributed by atoms with van der Waals surface area (Å²) in [4.78, 5) is 3.40. The summed E-state index contributed by atoms with van der Waals surface area (Å²) >= 11 is 0. The van der Waals surface area contributed by atoms with Crippen LogP contribution in [0.2, 0.25) is 0 Å². The number of fused-ring (bicyclic) bond motifs is 3. The number of halogens is 1. The van der Waals surface area contributed by atoms with Gasteiger partial charge < -0.3 is 34.7 Å². The summed E-state index contributed by atoms with van der Waals surface area (Å²) in [5, 5.41) is 24.1. The van der Waals surface area contributed by atoms with Crippen LogP contribution >= 0.6 is 17.0 Å². The second kappa shape index (κ2) is 16.9. The lowest BCUT2D eigenvalue weighted by atomic mass is 10.1. The minimum Gasteiger partial charge on any atom is -0.493 e. The summed E-state index contributed by atoms with van der Waals surface area (Å²) in [5.74, 6) is 2.68. The molecule has 1 heterocycles. The number of rotatable bonds is 13. The molecule has 0 spiro atoms. The van der Waals surface area contributed by atoms with Crippen molar-refractivity contribution in [3.05, 3.63) is 66.7 Å². The van der Waals surface area contributed by atoms with E-state index in [-0.39, 0.29) is 23.6 Å². The summed E-state index contributed by atoms with van der Waals surface area (Å²) in [6, 6.07) is 21.6. The first-order valence-corrected chi connectivity index (χ1v) is 12.9. The quantitative estimate of drug-likeness (QED) is 0.149. The molecule has 2 unspecified atom stereocenters. The first-order chi connectivity index (χ1) is 18.1. The van der Waals surface area contributed by atoms with E-state index in [2.05, 4.69) is 30.2 Å². The minimum absolute atomic E-state index is 0. The number of hydrogen-bond donors (Lipinski definition) is 4. The van der Waals surface area contributed by atoms with Gasteiger partial charge in [-0.3, -0.25) is 0 Å². The summed E-state index contributed by atoms with van der Waals surface area (Å²) < 4.78 is 16.9. The van der Waals surface area contributed by atoms with Gasteiger partial charge in [0.05, 0.1) is 12.6 Å². The molecule has 0 radical (unpaired) electrons. The number of aliphatic hydroxyl groups excluding tert-OH is 2. The maximum absolute atomic E-state index is 10.3. The Hall–Kier alpha value is -2.78. The number of H-pyrrole nitrogens is 1. The van der Waals surface area contributed by atoms with E-state index in [1.165, 1.54) is 6.42 Å². The van der Waals surface area contributed by atoms with Crippen molar-refractivity contribution in [1.29, 1.82) is 0 Å². The largest absolute Gasteiger partial charge is 0.493 e. The van der Waals surface area contributed by atoms with Gasteiger partial charge in [-0.15, -0.1) is 17.0 Å². The van der Waals surface area contributed by atoms with Gasteiger partial charge in [-0.25, -0.2) is 0 Å². The van der Waals surface area contributed by atoms with Gasteiger partial charge in [-0.05, 0) is 42.7 Å². The Morgan fingerprint density at radius 3 is 2.29 bits per heavy atom. The van der Waals surface area contributed by atoms with E-state index in [0.717, 1.165) is 34.0 Å². The van der Waals surface area contributed by atoms with Crippen LogP contribution in [-0.2, 0) is 0 Å². The normalized spacial score (nSPS) is 12.2. The fourth-order valence-electron chi connectivity index (χ4n) is 4.06. The molecule has 2 atom stereocenters. The van der Waals surface area contributed by atoms with Crippen molar-refractivity contribution >= 4 is 38.8 Å². The topological polar surface area (TPSA) is 96.0 Å². The molecule has 3 aromatic carbocycles. The van der Waals surface area contributed by atoms with Crippen molar-refractivity contribution in [3.63, 3.8) is 0 Å². The highest BCUT2D eigenvalue weighted by molar-refractivity contribution is 8.93. The number of aromatic amines is 1. The Morgan fingerprint density at radius 2 is 1.58 bits per heavy atom. The zero-order valence-electron chi connectivity index (χ0n) is 22.5.